The Balaban J connectivity index is 1.29. The predicted octanol–water partition coefficient (Wildman–Crippen LogP) is 4.23. The van der Waals surface area contributed by atoms with Gasteiger partial charge in [0.25, 0.3) is 11.5 Å². The van der Waals surface area contributed by atoms with E-state index in [1.54, 1.807) is 9.47 Å². The van der Waals surface area contributed by atoms with E-state index in [0.717, 1.165) is 23.8 Å². The van der Waals surface area contributed by atoms with Gasteiger partial charge in [-0.25, -0.2) is 4.98 Å². The number of hydrogen-bond acceptors (Lipinski definition) is 8. The molecule has 1 atom stereocenters. The molecule has 7 rings (SSSR count). The van der Waals surface area contributed by atoms with Crippen molar-refractivity contribution in [3.8, 4) is 5.75 Å². The van der Waals surface area contributed by atoms with E-state index in [2.05, 4.69) is 20.4 Å². The van der Waals surface area contributed by atoms with E-state index in [9.17, 15) is 32.7 Å². The van der Waals surface area contributed by atoms with Crippen molar-refractivity contribution in [1.82, 2.24) is 29.0 Å². The van der Waals surface area contributed by atoms with Gasteiger partial charge in [-0.05, 0) is 68.0 Å². The molecule has 1 spiro atoms. The van der Waals surface area contributed by atoms with E-state index in [4.69, 9.17) is 16.3 Å². The number of aromatic hydroxyl groups is 1. The third-order valence-electron chi connectivity index (χ3n) is 9.20. The van der Waals surface area contributed by atoms with Crippen molar-refractivity contribution in [3.63, 3.8) is 0 Å². The first-order chi connectivity index (χ1) is 22.9. The maximum atomic E-state index is 14.4. The number of pyridine rings is 1. The quantitative estimate of drug-likeness (QED) is 0.318. The highest BCUT2D eigenvalue weighted by atomic mass is 35.5. The highest BCUT2D eigenvalue weighted by Crippen LogP contribution is 2.43. The number of rotatable bonds is 5. The molecule has 3 aromatic heterocycles. The van der Waals surface area contributed by atoms with Gasteiger partial charge < -0.3 is 24.6 Å². The summed E-state index contributed by atoms with van der Waals surface area (Å²) in [5.41, 5.74) is -0.412. The van der Waals surface area contributed by atoms with Gasteiger partial charge in [-0.2, -0.15) is 22.7 Å². The van der Waals surface area contributed by atoms with Gasteiger partial charge in [0.15, 0.2) is 11.5 Å². The molecule has 3 aliphatic rings. The summed E-state index contributed by atoms with van der Waals surface area (Å²) in [5.74, 6) is -0.849. The summed E-state index contributed by atoms with van der Waals surface area (Å²) in [6.07, 6.45) is 1.31. The number of halogens is 4. The summed E-state index contributed by atoms with van der Waals surface area (Å²) in [7, 11) is 0. The average molecular weight is 684 g/mol. The average Bonchev–Trinajstić information content (AvgIpc) is 3.70. The maximum absolute atomic E-state index is 14.4. The van der Waals surface area contributed by atoms with Crippen LogP contribution in [0.2, 0.25) is 5.02 Å². The van der Waals surface area contributed by atoms with Crippen LogP contribution in [0, 0.1) is 0 Å². The number of fused-ring (bicyclic) bond motifs is 3. The minimum atomic E-state index is -4.60. The topological polar surface area (TPSA) is 144 Å². The summed E-state index contributed by atoms with van der Waals surface area (Å²) >= 11 is 6.12. The van der Waals surface area contributed by atoms with Gasteiger partial charge in [0.05, 0.1) is 29.5 Å². The lowest BCUT2D eigenvalue weighted by atomic mass is 9.71. The predicted molar refractivity (Wildman–Crippen MR) is 167 cm³/mol. The molecule has 1 aromatic carbocycles. The zero-order valence-electron chi connectivity index (χ0n) is 25.4. The van der Waals surface area contributed by atoms with Crippen LogP contribution < -0.4 is 10.9 Å². The molecule has 250 valence electrons. The summed E-state index contributed by atoms with van der Waals surface area (Å²) in [4.78, 5) is 51.6. The minimum Gasteiger partial charge on any atom is -0.505 e. The van der Waals surface area contributed by atoms with Crippen molar-refractivity contribution in [2.45, 2.75) is 50.2 Å². The molecule has 0 radical (unpaired) electrons. The SMILES string of the molecule is O=C(Cn1c2c(c(=O)n3nc(C4=CCOCC4)nc13)C1(CCC2)CCN(C(=O)c2ncccc2O)C1)Nc1ccc(C(F)(F)F)cc1Cl. The Morgan fingerprint density at radius 1 is 1.17 bits per heavy atom. The van der Waals surface area contributed by atoms with Crippen molar-refractivity contribution in [1.29, 1.82) is 0 Å². The Hall–Kier alpha value is -4.76. The van der Waals surface area contributed by atoms with E-state index >= 15 is 0 Å². The van der Waals surface area contributed by atoms with Crippen LogP contribution in [-0.2, 0) is 34.1 Å². The Morgan fingerprint density at radius 2 is 2.00 bits per heavy atom. The van der Waals surface area contributed by atoms with Gasteiger partial charge in [0, 0.05) is 36.0 Å². The number of aromatic nitrogens is 5. The first-order valence-electron chi connectivity index (χ1n) is 15.4. The Kier molecular flexibility index (Phi) is 7.98. The molecule has 48 heavy (non-hydrogen) atoms. The number of likely N-dealkylation sites (tertiary alicyclic amines) is 1. The molecule has 4 aromatic rings. The zero-order valence-corrected chi connectivity index (χ0v) is 26.1. The zero-order chi connectivity index (χ0) is 33.8. The van der Waals surface area contributed by atoms with Crippen molar-refractivity contribution < 1.29 is 32.6 Å². The van der Waals surface area contributed by atoms with Gasteiger partial charge >= 0.3 is 6.18 Å². The van der Waals surface area contributed by atoms with Crippen LogP contribution in [0.25, 0.3) is 11.4 Å². The first-order valence-corrected chi connectivity index (χ1v) is 15.7. The van der Waals surface area contributed by atoms with Crippen LogP contribution in [0.15, 0.2) is 47.4 Å². The lowest BCUT2D eigenvalue weighted by molar-refractivity contribution is -0.137. The highest BCUT2D eigenvalue weighted by molar-refractivity contribution is 6.33. The third kappa shape index (κ3) is 5.60. The fourth-order valence-corrected chi connectivity index (χ4v) is 7.16. The van der Waals surface area contributed by atoms with E-state index < -0.39 is 34.5 Å². The second kappa shape index (κ2) is 12.0. The number of benzene rings is 1. The Labute approximate surface area is 275 Å². The van der Waals surface area contributed by atoms with Gasteiger partial charge in [0.1, 0.15) is 12.3 Å². The van der Waals surface area contributed by atoms with E-state index in [1.165, 1.54) is 22.8 Å². The van der Waals surface area contributed by atoms with Crippen LogP contribution in [-0.4, -0.2) is 72.3 Å². The third-order valence-corrected chi connectivity index (χ3v) is 9.52. The second-order valence-corrected chi connectivity index (χ2v) is 12.5. The molecule has 1 aliphatic carbocycles. The molecule has 1 fully saturated rings. The number of alkyl halides is 3. The van der Waals surface area contributed by atoms with Crippen LogP contribution in [0.1, 0.15) is 58.8 Å². The number of hydrogen-bond donors (Lipinski definition) is 2. The molecule has 2 amide bonds. The molecule has 1 saturated heterocycles. The van der Waals surface area contributed by atoms with Gasteiger partial charge in [0.2, 0.25) is 11.7 Å². The van der Waals surface area contributed by atoms with Crippen LogP contribution in [0.4, 0.5) is 18.9 Å². The number of nitrogens with zero attached hydrogens (tertiary/aromatic N) is 6. The summed E-state index contributed by atoms with van der Waals surface area (Å²) in [5, 5.41) is 17.2. The molecule has 2 N–H and O–H groups in total. The van der Waals surface area contributed by atoms with Crippen molar-refractivity contribution in [2.75, 3.05) is 31.6 Å². The molecule has 1 unspecified atom stereocenters. The Bertz CT molecular complexity index is 2060. The minimum absolute atomic E-state index is 0.00527. The van der Waals surface area contributed by atoms with Crippen LogP contribution >= 0.6 is 11.6 Å². The number of amides is 2. The van der Waals surface area contributed by atoms with E-state index in [-0.39, 0.29) is 41.0 Å². The highest BCUT2D eigenvalue weighted by Gasteiger charge is 2.48. The van der Waals surface area contributed by atoms with Crippen LogP contribution in [0.5, 0.6) is 5.75 Å². The van der Waals surface area contributed by atoms with Gasteiger partial charge in [-0.3, -0.25) is 14.4 Å². The van der Waals surface area contributed by atoms with Crippen LogP contribution in [0.3, 0.4) is 0 Å². The smallest absolute Gasteiger partial charge is 0.416 e. The molecule has 5 heterocycles. The normalized spacial score (nSPS) is 19.4. The maximum Gasteiger partial charge on any atom is 0.416 e. The summed E-state index contributed by atoms with van der Waals surface area (Å²) in [6, 6.07) is 5.56. The van der Waals surface area contributed by atoms with Crippen molar-refractivity contribution in [2.24, 2.45) is 0 Å². The summed E-state index contributed by atoms with van der Waals surface area (Å²) < 4.78 is 47.8. The number of nitrogens with one attached hydrogen (secondary N) is 1. The van der Waals surface area contributed by atoms with Crippen molar-refractivity contribution >= 4 is 40.5 Å². The molecule has 2 aliphatic heterocycles. The number of carbonyl (C=O) groups excluding carboxylic acids is 2. The monoisotopic (exact) mass is 683 g/mol. The molecule has 0 bridgehead atoms. The Morgan fingerprint density at radius 3 is 2.73 bits per heavy atom. The molecule has 0 saturated carbocycles. The standard InChI is InChI=1S/C32H29ClF3N7O5/c33-20-15-19(32(34,35)36)5-6-21(20)38-24(45)16-42-22-3-1-9-31(10-12-41(17-31)29(47)26-23(44)4-2-11-37-26)25(22)28(46)43-30(42)39-27(40-43)18-7-13-48-14-8-18/h2,4-7,11,15,44H,1,3,8-10,12-14,16-17H2,(H,38,45). The number of carbonyl (C=O) groups is 2. The van der Waals surface area contributed by atoms with E-state index in [0.29, 0.717) is 68.9 Å². The number of anilines is 1. The molecular weight excluding hydrogens is 655 g/mol. The van der Waals surface area contributed by atoms with E-state index in [1.807, 2.05) is 6.08 Å². The van der Waals surface area contributed by atoms with Gasteiger partial charge in [-0.15, -0.1) is 5.10 Å². The largest absolute Gasteiger partial charge is 0.505 e. The molecule has 16 heteroatoms. The molecular formula is C32H29ClF3N7O5. The second-order valence-electron chi connectivity index (χ2n) is 12.1. The summed E-state index contributed by atoms with van der Waals surface area (Å²) in [6.45, 7) is 0.976. The fraction of sp³-hybridized carbons (Fsp3) is 0.375. The van der Waals surface area contributed by atoms with Crippen molar-refractivity contribution in [3.05, 3.63) is 86.3 Å². The fourth-order valence-electron chi connectivity index (χ4n) is 6.94. The number of ether oxygens (including phenoxy) is 1. The lowest BCUT2D eigenvalue weighted by Gasteiger charge is -2.36. The molecule has 12 nitrogen and oxygen atoms in total. The van der Waals surface area contributed by atoms with Gasteiger partial charge in [-0.1, -0.05) is 17.7 Å². The first kappa shape index (κ1) is 31.8. The lowest BCUT2D eigenvalue weighted by Crippen LogP contribution is -2.44.